The third-order valence-electron chi connectivity index (χ3n) is 5.09. The number of thiophene rings is 1. The van der Waals surface area contributed by atoms with Gasteiger partial charge in [0.1, 0.15) is 4.21 Å². The van der Waals surface area contributed by atoms with E-state index < -0.39 is 10.0 Å². The molecule has 2 aromatic rings. The first-order valence-corrected chi connectivity index (χ1v) is 11.7. The van der Waals surface area contributed by atoms with Gasteiger partial charge in [0.05, 0.1) is 12.0 Å². The fourth-order valence-corrected chi connectivity index (χ4v) is 6.04. The van der Waals surface area contributed by atoms with Gasteiger partial charge in [-0.3, -0.25) is 4.79 Å². The molecule has 2 heterocycles. The lowest BCUT2D eigenvalue weighted by atomic mass is 9.97. The molecule has 27 heavy (non-hydrogen) atoms. The van der Waals surface area contributed by atoms with Crippen molar-refractivity contribution in [1.82, 2.24) is 9.62 Å². The van der Waals surface area contributed by atoms with Crippen LogP contribution in [0, 0.1) is 5.92 Å². The molecule has 0 bridgehead atoms. The Morgan fingerprint density at radius 1 is 1.30 bits per heavy atom. The van der Waals surface area contributed by atoms with Gasteiger partial charge in [-0.1, -0.05) is 37.3 Å². The van der Waals surface area contributed by atoms with Crippen LogP contribution in [0.25, 0.3) is 0 Å². The summed E-state index contributed by atoms with van der Waals surface area (Å²) in [6.45, 7) is 4.78. The van der Waals surface area contributed by atoms with Crippen LogP contribution >= 0.6 is 11.3 Å². The van der Waals surface area contributed by atoms with Crippen molar-refractivity contribution < 1.29 is 13.2 Å². The van der Waals surface area contributed by atoms with E-state index in [1.54, 1.807) is 17.5 Å². The van der Waals surface area contributed by atoms with Crippen molar-refractivity contribution >= 4 is 27.3 Å². The van der Waals surface area contributed by atoms with Crippen LogP contribution in [0.3, 0.4) is 0 Å². The van der Waals surface area contributed by atoms with Crippen molar-refractivity contribution in [3.8, 4) is 0 Å². The summed E-state index contributed by atoms with van der Waals surface area (Å²) in [6.07, 6.45) is 2.39. The van der Waals surface area contributed by atoms with E-state index in [4.69, 9.17) is 0 Å². The second kappa shape index (κ2) is 8.54. The summed E-state index contributed by atoms with van der Waals surface area (Å²) >= 11 is 1.21. The number of nitrogens with zero attached hydrogens (tertiary/aromatic N) is 1. The van der Waals surface area contributed by atoms with Gasteiger partial charge in [0.25, 0.3) is 10.0 Å². The minimum Gasteiger partial charge on any atom is -0.349 e. The fourth-order valence-electron chi connectivity index (χ4n) is 3.37. The number of nitrogens with one attached hydrogen (secondary N) is 1. The molecule has 2 atom stereocenters. The zero-order valence-corrected chi connectivity index (χ0v) is 17.4. The van der Waals surface area contributed by atoms with Crippen molar-refractivity contribution in [2.24, 2.45) is 5.92 Å². The average Bonchev–Trinajstić information content (AvgIpc) is 3.24. The molecule has 0 aliphatic carbocycles. The Labute approximate surface area is 165 Å². The Kier molecular flexibility index (Phi) is 6.34. The number of hydrogen-bond donors (Lipinski definition) is 1. The maximum absolute atomic E-state index is 12.7. The highest BCUT2D eigenvalue weighted by Crippen LogP contribution is 2.27. The van der Waals surface area contributed by atoms with Gasteiger partial charge in [0.2, 0.25) is 5.91 Å². The molecule has 1 aromatic heterocycles. The lowest BCUT2D eigenvalue weighted by Gasteiger charge is -2.31. The lowest BCUT2D eigenvalue weighted by molar-refractivity contribution is -0.126. The second-order valence-corrected chi connectivity index (χ2v) is 10.1. The molecule has 1 fully saturated rings. The largest absolute Gasteiger partial charge is 0.349 e. The van der Waals surface area contributed by atoms with E-state index in [2.05, 4.69) is 24.4 Å². The third kappa shape index (κ3) is 4.59. The Hall–Kier alpha value is -1.70. The molecule has 1 aliphatic heterocycles. The molecule has 1 aliphatic rings. The summed E-state index contributed by atoms with van der Waals surface area (Å²) in [6, 6.07) is 11.5. The second-order valence-electron chi connectivity index (χ2n) is 6.96. The zero-order chi connectivity index (χ0) is 19.4. The van der Waals surface area contributed by atoms with E-state index in [9.17, 15) is 13.2 Å². The summed E-state index contributed by atoms with van der Waals surface area (Å²) in [7, 11) is -3.50. The predicted octanol–water partition coefficient (Wildman–Crippen LogP) is 3.59. The summed E-state index contributed by atoms with van der Waals surface area (Å²) in [5, 5.41) is 4.81. The number of hydrogen-bond acceptors (Lipinski definition) is 4. The monoisotopic (exact) mass is 406 g/mol. The number of benzene rings is 1. The van der Waals surface area contributed by atoms with Crippen molar-refractivity contribution in [2.45, 2.75) is 43.4 Å². The number of carbonyl (C=O) groups is 1. The van der Waals surface area contributed by atoms with Gasteiger partial charge in [0, 0.05) is 13.1 Å². The maximum atomic E-state index is 12.7. The third-order valence-corrected chi connectivity index (χ3v) is 8.33. The van der Waals surface area contributed by atoms with Crippen LogP contribution in [0.4, 0.5) is 0 Å². The quantitative estimate of drug-likeness (QED) is 0.797. The Morgan fingerprint density at radius 2 is 2.04 bits per heavy atom. The van der Waals surface area contributed by atoms with Crippen molar-refractivity contribution in [3.05, 3.63) is 52.9 Å². The van der Waals surface area contributed by atoms with E-state index in [0.717, 1.165) is 12.0 Å². The van der Waals surface area contributed by atoms with Crippen molar-refractivity contribution in [2.75, 3.05) is 13.1 Å². The first-order valence-electron chi connectivity index (χ1n) is 9.34. The Balaban J connectivity index is 1.64. The van der Waals surface area contributed by atoms with Crippen LogP contribution in [-0.2, 0) is 21.2 Å². The van der Waals surface area contributed by atoms with Gasteiger partial charge in [-0.05, 0) is 48.8 Å². The number of amides is 1. The van der Waals surface area contributed by atoms with Crippen molar-refractivity contribution in [1.29, 1.82) is 0 Å². The van der Waals surface area contributed by atoms with Crippen LogP contribution in [0.5, 0.6) is 0 Å². The predicted molar refractivity (Wildman–Crippen MR) is 108 cm³/mol. The van der Waals surface area contributed by atoms with Crippen molar-refractivity contribution in [3.63, 3.8) is 0 Å². The Morgan fingerprint density at radius 3 is 2.67 bits per heavy atom. The first kappa shape index (κ1) is 20.0. The van der Waals surface area contributed by atoms with Gasteiger partial charge in [-0.2, -0.15) is 4.31 Å². The number of piperidine rings is 1. The van der Waals surface area contributed by atoms with E-state index in [-0.39, 0.29) is 24.4 Å². The molecule has 1 saturated heterocycles. The fraction of sp³-hybridized carbons (Fsp3) is 0.450. The van der Waals surface area contributed by atoms with Gasteiger partial charge in [0.15, 0.2) is 0 Å². The molecule has 0 radical (unpaired) electrons. The van der Waals surface area contributed by atoms with E-state index in [1.165, 1.54) is 21.2 Å². The molecule has 7 heteroatoms. The average molecular weight is 407 g/mol. The van der Waals surface area contributed by atoms with Crippen LogP contribution in [0.1, 0.15) is 43.9 Å². The molecule has 0 saturated carbocycles. The molecule has 1 aromatic carbocycles. The molecular formula is C20H26N2O3S2. The molecule has 1 N–H and O–H groups in total. The highest BCUT2D eigenvalue weighted by molar-refractivity contribution is 7.91. The Bertz CT molecular complexity index is 861. The van der Waals surface area contributed by atoms with Gasteiger partial charge < -0.3 is 5.32 Å². The normalized spacial score (nSPS) is 19.6. The van der Waals surface area contributed by atoms with Crippen LogP contribution in [0.15, 0.2) is 46.0 Å². The SMILES string of the molecule is CCc1ccc([C@@H](C)NC(=O)[C@H]2CCCN(S(=O)(=O)c3cccs3)C2)cc1. The standard InChI is InChI=1S/C20H26N2O3S2/c1-3-16-8-10-17(11-9-16)15(2)21-20(23)18-6-4-12-22(14-18)27(24,25)19-7-5-13-26-19/h5,7-11,13,15,18H,3-4,6,12,14H2,1-2H3,(H,21,23)/t15-,18+/m1/s1. The molecule has 0 spiro atoms. The van der Waals surface area contributed by atoms with Crippen LogP contribution in [0.2, 0.25) is 0 Å². The number of rotatable bonds is 6. The summed E-state index contributed by atoms with van der Waals surface area (Å²) in [4.78, 5) is 12.7. The first-order chi connectivity index (χ1) is 12.9. The zero-order valence-electron chi connectivity index (χ0n) is 15.7. The molecule has 1 amide bonds. The van der Waals surface area contributed by atoms with Gasteiger partial charge >= 0.3 is 0 Å². The smallest absolute Gasteiger partial charge is 0.252 e. The molecule has 146 valence electrons. The van der Waals surface area contributed by atoms with E-state index in [1.807, 2.05) is 19.1 Å². The minimum absolute atomic E-state index is 0.0758. The molecule has 0 unspecified atom stereocenters. The number of carbonyl (C=O) groups excluding carboxylic acids is 1. The molecule has 5 nitrogen and oxygen atoms in total. The molecular weight excluding hydrogens is 380 g/mol. The van der Waals surface area contributed by atoms with E-state index in [0.29, 0.717) is 23.6 Å². The highest BCUT2D eigenvalue weighted by atomic mass is 32.2. The number of sulfonamides is 1. The highest BCUT2D eigenvalue weighted by Gasteiger charge is 2.34. The summed E-state index contributed by atoms with van der Waals surface area (Å²) in [5.74, 6) is -0.390. The topological polar surface area (TPSA) is 66.5 Å². The number of aryl methyl sites for hydroxylation is 1. The maximum Gasteiger partial charge on any atom is 0.252 e. The molecule has 3 rings (SSSR count). The summed E-state index contributed by atoms with van der Waals surface area (Å²) in [5.41, 5.74) is 2.32. The van der Waals surface area contributed by atoms with Crippen LogP contribution < -0.4 is 5.32 Å². The van der Waals surface area contributed by atoms with Crippen LogP contribution in [-0.4, -0.2) is 31.7 Å². The summed E-state index contributed by atoms with van der Waals surface area (Å²) < 4.78 is 27.2. The van der Waals surface area contributed by atoms with Gasteiger partial charge in [-0.15, -0.1) is 11.3 Å². The van der Waals surface area contributed by atoms with E-state index >= 15 is 0 Å². The van der Waals surface area contributed by atoms with Gasteiger partial charge in [-0.25, -0.2) is 8.42 Å². The minimum atomic E-state index is -3.50. The lowest BCUT2D eigenvalue weighted by Crippen LogP contribution is -2.45.